The van der Waals surface area contributed by atoms with Crippen LogP contribution in [0.4, 0.5) is 0 Å². The van der Waals surface area contributed by atoms with Gasteiger partial charge in [-0.15, -0.1) is 0 Å². The summed E-state index contributed by atoms with van der Waals surface area (Å²) >= 11 is 0. The molecule has 9 heavy (non-hydrogen) atoms. The van der Waals surface area contributed by atoms with Gasteiger partial charge >= 0.3 is 0 Å². The molecule has 0 aliphatic rings. The SMILES string of the molecule is C[Si](C)(C)CC[S+]([O-])Cl. The van der Waals surface area contributed by atoms with E-state index in [4.69, 9.17) is 10.7 Å². The van der Waals surface area contributed by atoms with Gasteiger partial charge in [0.25, 0.3) is 0 Å². The van der Waals surface area contributed by atoms with E-state index in [1.807, 2.05) is 0 Å². The van der Waals surface area contributed by atoms with Crippen LogP contribution in [0.25, 0.3) is 0 Å². The molecule has 0 radical (unpaired) electrons. The molecule has 0 saturated carbocycles. The van der Waals surface area contributed by atoms with Crippen molar-refractivity contribution in [3.8, 4) is 0 Å². The minimum atomic E-state index is -1.11. The molecule has 0 spiro atoms. The number of halogens is 1. The van der Waals surface area contributed by atoms with E-state index >= 15 is 0 Å². The molecule has 0 aromatic heterocycles. The second-order valence-corrected chi connectivity index (χ2v) is 10.9. The van der Waals surface area contributed by atoms with E-state index in [1.165, 1.54) is 0 Å². The minimum absolute atomic E-state index is 0.664. The lowest BCUT2D eigenvalue weighted by molar-refractivity contribution is 0.609. The zero-order valence-corrected chi connectivity index (χ0v) is 8.68. The number of hydrogen-bond donors (Lipinski definition) is 0. The molecule has 0 N–H and O–H groups in total. The second kappa shape index (κ2) is 3.86. The number of rotatable bonds is 3. The summed E-state index contributed by atoms with van der Waals surface area (Å²) in [4.78, 5) is 0. The molecule has 1 atom stereocenters. The van der Waals surface area contributed by atoms with Gasteiger partial charge in [-0.1, -0.05) is 19.6 Å². The van der Waals surface area contributed by atoms with Crippen molar-refractivity contribution in [2.75, 3.05) is 5.75 Å². The second-order valence-electron chi connectivity index (χ2n) is 3.30. The first-order valence-electron chi connectivity index (χ1n) is 2.96. The van der Waals surface area contributed by atoms with E-state index < -0.39 is 18.5 Å². The third-order valence-electron chi connectivity index (χ3n) is 1.01. The molecule has 0 aliphatic carbocycles. The van der Waals surface area contributed by atoms with Crippen LogP contribution in [0.15, 0.2) is 0 Å². The standard InChI is InChI=1S/C5H13ClOSSi/c1-9(2,3)5-4-8(6)7/h4-5H2,1-3H3. The number of hydrogen-bond acceptors (Lipinski definition) is 1. The highest BCUT2D eigenvalue weighted by molar-refractivity contribution is 8.13. The average Bonchev–Trinajstić information content (AvgIpc) is 1.59. The van der Waals surface area contributed by atoms with Crippen molar-refractivity contribution in [1.29, 1.82) is 0 Å². The molecule has 1 nitrogen and oxygen atoms in total. The van der Waals surface area contributed by atoms with Crippen LogP contribution in [0.3, 0.4) is 0 Å². The first-order valence-corrected chi connectivity index (χ1v) is 8.82. The van der Waals surface area contributed by atoms with Crippen LogP contribution >= 0.6 is 10.7 Å². The summed E-state index contributed by atoms with van der Waals surface area (Å²) in [7, 11) is 3.18. The van der Waals surface area contributed by atoms with Gasteiger partial charge in [0, 0.05) is 8.07 Å². The fourth-order valence-electron chi connectivity index (χ4n) is 0.386. The van der Waals surface area contributed by atoms with Crippen molar-refractivity contribution in [3.63, 3.8) is 0 Å². The normalized spacial score (nSPS) is 15.7. The molecular formula is C5H13ClOSSi. The lowest BCUT2D eigenvalue weighted by Gasteiger charge is -2.13. The topological polar surface area (TPSA) is 23.1 Å². The monoisotopic (exact) mass is 184 g/mol. The molecule has 4 heteroatoms. The van der Waals surface area contributed by atoms with Gasteiger partial charge in [-0.2, -0.15) is 0 Å². The molecule has 0 rings (SSSR count). The van der Waals surface area contributed by atoms with Gasteiger partial charge in [-0.25, -0.2) is 0 Å². The molecule has 0 aromatic carbocycles. The Balaban J connectivity index is 3.28. The summed E-state index contributed by atoms with van der Waals surface area (Å²) in [6, 6.07) is 1.06. The van der Waals surface area contributed by atoms with Crippen LogP contribution < -0.4 is 0 Å². The van der Waals surface area contributed by atoms with Crippen LogP contribution in [0.5, 0.6) is 0 Å². The van der Waals surface area contributed by atoms with Gasteiger partial charge in [-0.05, 0) is 6.04 Å². The van der Waals surface area contributed by atoms with Gasteiger partial charge in [0.05, 0.1) is 10.4 Å². The first kappa shape index (κ1) is 9.82. The van der Waals surface area contributed by atoms with Crippen LogP contribution in [-0.2, 0) is 10.4 Å². The van der Waals surface area contributed by atoms with Gasteiger partial charge in [-0.3, -0.25) is 0 Å². The zero-order valence-electron chi connectivity index (χ0n) is 6.11. The molecule has 0 amide bonds. The zero-order chi connectivity index (χ0) is 7.49. The molecule has 0 bridgehead atoms. The fraction of sp³-hybridized carbons (Fsp3) is 1.00. The molecule has 0 aromatic rings. The Kier molecular flexibility index (Phi) is 4.21. The van der Waals surface area contributed by atoms with E-state index in [0.717, 1.165) is 6.04 Å². The highest BCUT2D eigenvalue weighted by atomic mass is 35.7. The van der Waals surface area contributed by atoms with E-state index in [1.54, 1.807) is 0 Å². The average molecular weight is 185 g/mol. The third kappa shape index (κ3) is 8.82. The van der Waals surface area contributed by atoms with Crippen LogP contribution in [0.1, 0.15) is 0 Å². The quantitative estimate of drug-likeness (QED) is 0.488. The van der Waals surface area contributed by atoms with E-state index in [-0.39, 0.29) is 0 Å². The molecular weight excluding hydrogens is 172 g/mol. The molecule has 0 fully saturated rings. The maximum atomic E-state index is 10.4. The van der Waals surface area contributed by atoms with Crippen molar-refractivity contribution in [2.24, 2.45) is 0 Å². The summed E-state index contributed by atoms with van der Waals surface area (Å²) in [5.74, 6) is 0.664. The van der Waals surface area contributed by atoms with Gasteiger partial charge < -0.3 is 4.55 Å². The maximum absolute atomic E-state index is 10.4. The van der Waals surface area contributed by atoms with E-state index in [2.05, 4.69) is 19.6 Å². The smallest absolute Gasteiger partial charge is 0.174 e. The maximum Gasteiger partial charge on any atom is 0.174 e. The van der Waals surface area contributed by atoms with Crippen LogP contribution in [0, 0.1) is 0 Å². The summed E-state index contributed by atoms with van der Waals surface area (Å²) in [5.41, 5.74) is 0. The lowest BCUT2D eigenvalue weighted by Crippen LogP contribution is -2.22. The largest absolute Gasteiger partial charge is 0.599 e. The van der Waals surface area contributed by atoms with Gasteiger partial charge in [0.1, 0.15) is 5.75 Å². The molecule has 0 aliphatic heterocycles. The fourth-order valence-corrected chi connectivity index (χ4v) is 4.17. The lowest BCUT2D eigenvalue weighted by atomic mass is 11.0. The molecule has 0 heterocycles. The third-order valence-corrected chi connectivity index (χ3v) is 4.11. The van der Waals surface area contributed by atoms with Crippen molar-refractivity contribution in [2.45, 2.75) is 25.7 Å². The predicted octanol–water partition coefficient (Wildman–Crippen LogP) is 2.23. The summed E-state index contributed by atoms with van der Waals surface area (Å²) in [6.07, 6.45) is 0. The van der Waals surface area contributed by atoms with Crippen molar-refractivity contribution >= 4 is 29.1 Å². The Morgan fingerprint density at radius 2 is 1.89 bits per heavy atom. The van der Waals surface area contributed by atoms with Crippen LogP contribution in [0.2, 0.25) is 25.7 Å². The van der Waals surface area contributed by atoms with E-state index in [0.29, 0.717) is 5.75 Å². The Bertz CT molecular complexity index is 81.5. The Morgan fingerprint density at radius 1 is 1.44 bits per heavy atom. The molecule has 1 unspecified atom stereocenters. The van der Waals surface area contributed by atoms with Crippen LogP contribution in [-0.4, -0.2) is 18.4 Å². The minimum Gasteiger partial charge on any atom is -0.599 e. The summed E-state index contributed by atoms with van der Waals surface area (Å²) < 4.78 is 10.4. The summed E-state index contributed by atoms with van der Waals surface area (Å²) in [5, 5.41) is 0. The predicted molar refractivity (Wildman–Crippen MR) is 47.0 cm³/mol. The summed E-state index contributed by atoms with van der Waals surface area (Å²) in [6.45, 7) is 6.74. The first-order chi connectivity index (χ1) is 3.92. The highest BCUT2D eigenvalue weighted by Crippen LogP contribution is 2.11. The molecule has 56 valence electrons. The Labute approximate surface area is 65.5 Å². The van der Waals surface area contributed by atoms with Gasteiger partial charge in [0.15, 0.2) is 10.7 Å². The van der Waals surface area contributed by atoms with Crippen molar-refractivity contribution in [1.82, 2.24) is 0 Å². The van der Waals surface area contributed by atoms with Crippen molar-refractivity contribution < 1.29 is 4.55 Å². The highest BCUT2D eigenvalue weighted by Gasteiger charge is 2.16. The Morgan fingerprint density at radius 3 is 2.00 bits per heavy atom. The Hall–Kier alpha value is 0.817. The van der Waals surface area contributed by atoms with Crippen molar-refractivity contribution in [3.05, 3.63) is 0 Å². The molecule has 0 saturated heterocycles. The van der Waals surface area contributed by atoms with E-state index in [9.17, 15) is 4.55 Å². The van der Waals surface area contributed by atoms with Gasteiger partial charge in [0.2, 0.25) is 0 Å².